The summed E-state index contributed by atoms with van der Waals surface area (Å²) < 4.78 is 0. The van der Waals surface area contributed by atoms with Crippen LogP contribution in [0.2, 0.25) is 5.02 Å². The number of halogens is 1. The maximum absolute atomic E-state index is 7.64. The summed E-state index contributed by atoms with van der Waals surface area (Å²) in [7, 11) is 1.92. The van der Waals surface area contributed by atoms with Crippen LogP contribution in [0.15, 0.2) is 48.5 Å². The molecule has 18 heavy (non-hydrogen) atoms. The fraction of sp³-hybridized carbons (Fsp3) is 0.0714. The van der Waals surface area contributed by atoms with E-state index < -0.39 is 0 Å². The van der Waals surface area contributed by atoms with E-state index in [2.05, 4.69) is 0 Å². The van der Waals surface area contributed by atoms with E-state index in [1.54, 1.807) is 6.07 Å². The van der Waals surface area contributed by atoms with Crippen LogP contribution in [-0.2, 0) is 0 Å². The third-order valence-corrected chi connectivity index (χ3v) is 3.08. The number of rotatable bonds is 3. The molecule has 92 valence electrons. The third-order valence-electron chi connectivity index (χ3n) is 2.77. The Kier molecular flexibility index (Phi) is 3.53. The van der Waals surface area contributed by atoms with Crippen LogP contribution in [0.5, 0.6) is 0 Å². The summed E-state index contributed by atoms with van der Waals surface area (Å²) in [4.78, 5) is 1.96. The highest BCUT2D eigenvalue weighted by atomic mass is 35.5. The van der Waals surface area contributed by atoms with Crippen molar-refractivity contribution in [3.8, 4) is 0 Å². The monoisotopic (exact) mass is 259 g/mol. The van der Waals surface area contributed by atoms with Crippen LogP contribution in [0, 0.1) is 5.41 Å². The molecule has 3 N–H and O–H groups in total. The van der Waals surface area contributed by atoms with Crippen LogP contribution in [0.25, 0.3) is 0 Å². The van der Waals surface area contributed by atoms with Crippen molar-refractivity contribution in [1.29, 1.82) is 5.41 Å². The van der Waals surface area contributed by atoms with E-state index in [4.69, 9.17) is 22.7 Å². The van der Waals surface area contributed by atoms with Crippen LogP contribution in [0.1, 0.15) is 5.56 Å². The highest BCUT2D eigenvalue weighted by molar-refractivity contribution is 6.34. The molecule has 0 aromatic heterocycles. The van der Waals surface area contributed by atoms with Gasteiger partial charge in [-0.2, -0.15) is 0 Å². The number of hydrogen-bond donors (Lipinski definition) is 2. The quantitative estimate of drug-likeness (QED) is 0.656. The number of nitrogens with zero attached hydrogens (tertiary/aromatic N) is 1. The van der Waals surface area contributed by atoms with E-state index in [1.807, 2.05) is 54.4 Å². The lowest BCUT2D eigenvalue weighted by atomic mass is 10.1. The molecule has 2 aromatic rings. The zero-order chi connectivity index (χ0) is 13.1. The van der Waals surface area contributed by atoms with E-state index in [1.165, 1.54) is 0 Å². The Bertz CT molecular complexity index is 567. The van der Waals surface area contributed by atoms with Gasteiger partial charge in [0.15, 0.2) is 0 Å². The van der Waals surface area contributed by atoms with Crippen molar-refractivity contribution in [1.82, 2.24) is 0 Å². The minimum absolute atomic E-state index is 0.0293. The van der Waals surface area contributed by atoms with Gasteiger partial charge in [-0.05, 0) is 24.3 Å². The van der Waals surface area contributed by atoms with Crippen LogP contribution in [0.4, 0.5) is 11.4 Å². The number of nitrogen functional groups attached to an aromatic ring is 1. The first-order valence-electron chi connectivity index (χ1n) is 5.53. The Morgan fingerprint density at radius 2 is 1.78 bits per heavy atom. The number of nitrogens with two attached hydrogens (primary N) is 1. The zero-order valence-corrected chi connectivity index (χ0v) is 10.8. The molecule has 0 unspecified atom stereocenters. The number of benzene rings is 2. The van der Waals surface area contributed by atoms with Crippen molar-refractivity contribution in [2.24, 2.45) is 5.73 Å². The van der Waals surface area contributed by atoms with Gasteiger partial charge in [-0.15, -0.1) is 0 Å². The number of hydrogen-bond acceptors (Lipinski definition) is 2. The van der Waals surface area contributed by atoms with Crippen LogP contribution in [-0.4, -0.2) is 12.9 Å². The molecule has 0 aliphatic heterocycles. The highest BCUT2D eigenvalue weighted by Gasteiger charge is 2.14. The van der Waals surface area contributed by atoms with Gasteiger partial charge in [0, 0.05) is 12.7 Å². The number of anilines is 2. The fourth-order valence-electron chi connectivity index (χ4n) is 1.85. The number of amidine groups is 1. The lowest BCUT2D eigenvalue weighted by Crippen LogP contribution is -2.19. The van der Waals surface area contributed by atoms with Gasteiger partial charge in [0.1, 0.15) is 5.84 Å². The van der Waals surface area contributed by atoms with Crippen molar-refractivity contribution < 1.29 is 0 Å². The largest absolute Gasteiger partial charge is 0.384 e. The Morgan fingerprint density at radius 1 is 1.11 bits per heavy atom. The Labute approximate surface area is 111 Å². The second-order valence-electron chi connectivity index (χ2n) is 3.94. The van der Waals surface area contributed by atoms with Gasteiger partial charge in [-0.3, -0.25) is 5.41 Å². The Morgan fingerprint density at radius 3 is 2.39 bits per heavy atom. The molecule has 0 radical (unpaired) electrons. The average Bonchev–Trinajstić information content (AvgIpc) is 2.38. The second kappa shape index (κ2) is 5.10. The molecule has 0 bridgehead atoms. The summed E-state index contributed by atoms with van der Waals surface area (Å²) in [5, 5.41) is 8.13. The summed E-state index contributed by atoms with van der Waals surface area (Å²) >= 11 is 6.11. The smallest absolute Gasteiger partial charge is 0.126 e. The van der Waals surface area contributed by atoms with Crippen LogP contribution in [0.3, 0.4) is 0 Å². The van der Waals surface area contributed by atoms with Gasteiger partial charge < -0.3 is 10.6 Å². The van der Waals surface area contributed by atoms with Gasteiger partial charge in [0.05, 0.1) is 16.3 Å². The SMILES string of the molecule is CN(c1ccccc1)c1cccc(Cl)c1C(=N)N. The van der Waals surface area contributed by atoms with Crippen molar-refractivity contribution >= 4 is 28.8 Å². The van der Waals surface area contributed by atoms with Crippen molar-refractivity contribution in [2.45, 2.75) is 0 Å². The minimum Gasteiger partial charge on any atom is -0.384 e. The Hall–Kier alpha value is -2.00. The molecule has 0 fully saturated rings. The van der Waals surface area contributed by atoms with Crippen LogP contribution < -0.4 is 10.6 Å². The summed E-state index contributed by atoms with van der Waals surface area (Å²) in [6, 6.07) is 15.4. The molecular weight excluding hydrogens is 246 g/mol. The molecule has 4 heteroatoms. The molecule has 0 aliphatic carbocycles. The summed E-state index contributed by atoms with van der Waals surface area (Å²) in [6.07, 6.45) is 0. The lowest BCUT2D eigenvalue weighted by Gasteiger charge is -2.22. The van der Waals surface area contributed by atoms with Crippen molar-refractivity contribution in [3.63, 3.8) is 0 Å². The van der Waals surface area contributed by atoms with E-state index in [9.17, 15) is 0 Å². The third kappa shape index (κ3) is 2.31. The summed E-state index contributed by atoms with van der Waals surface area (Å²) in [5.41, 5.74) is 8.00. The highest BCUT2D eigenvalue weighted by Crippen LogP contribution is 2.30. The molecule has 0 heterocycles. The summed E-state index contributed by atoms with van der Waals surface area (Å²) in [6.45, 7) is 0. The molecule has 2 rings (SSSR count). The molecular formula is C14H14ClN3. The van der Waals surface area contributed by atoms with Gasteiger partial charge in [-0.25, -0.2) is 0 Å². The first-order valence-corrected chi connectivity index (χ1v) is 5.90. The molecule has 0 saturated carbocycles. The predicted octanol–water partition coefficient (Wildman–Crippen LogP) is 3.39. The topological polar surface area (TPSA) is 53.1 Å². The predicted molar refractivity (Wildman–Crippen MR) is 77.0 cm³/mol. The molecule has 0 spiro atoms. The lowest BCUT2D eigenvalue weighted by molar-refractivity contribution is 1.20. The first-order chi connectivity index (χ1) is 8.61. The fourth-order valence-corrected chi connectivity index (χ4v) is 2.12. The maximum atomic E-state index is 7.64. The van der Waals surface area contributed by atoms with Crippen molar-refractivity contribution in [3.05, 3.63) is 59.1 Å². The van der Waals surface area contributed by atoms with Gasteiger partial charge in [0.2, 0.25) is 0 Å². The normalized spacial score (nSPS) is 10.1. The molecule has 0 saturated heterocycles. The van der Waals surface area contributed by atoms with E-state index in [0.717, 1.165) is 11.4 Å². The zero-order valence-electron chi connectivity index (χ0n) is 10.0. The second-order valence-corrected chi connectivity index (χ2v) is 4.35. The maximum Gasteiger partial charge on any atom is 0.126 e. The van der Waals surface area contributed by atoms with Crippen LogP contribution >= 0.6 is 11.6 Å². The van der Waals surface area contributed by atoms with Gasteiger partial charge in [-0.1, -0.05) is 35.9 Å². The van der Waals surface area contributed by atoms with E-state index in [0.29, 0.717) is 10.6 Å². The van der Waals surface area contributed by atoms with Crippen molar-refractivity contribution in [2.75, 3.05) is 11.9 Å². The Balaban J connectivity index is 2.52. The molecule has 0 atom stereocenters. The minimum atomic E-state index is -0.0293. The first kappa shape index (κ1) is 12.5. The van der Waals surface area contributed by atoms with E-state index in [-0.39, 0.29) is 5.84 Å². The molecule has 0 amide bonds. The van der Waals surface area contributed by atoms with Gasteiger partial charge >= 0.3 is 0 Å². The molecule has 3 nitrogen and oxygen atoms in total. The van der Waals surface area contributed by atoms with Gasteiger partial charge in [0.25, 0.3) is 0 Å². The van der Waals surface area contributed by atoms with E-state index >= 15 is 0 Å². The molecule has 0 aliphatic rings. The standard InChI is InChI=1S/C14H14ClN3/c1-18(10-6-3-2-4-7-10)12-9-5-8-11(15)13(12)14(16)17/h2-9H,1H3,(H3,16,17). The number of nitrogens with one attached hydrogen (secondary N) is 1. The average molecular weight is 260 g/mol. The summed E-state index contributed by atoms with van der Waals surface area (Å²) in [5.74, 6) is -0.0293. The number of para-hydroxylation sites is 1. The molecule has 2 aromatic carbocycles.